The third kappa shape index (κ3) is 4.61. The van der Waals surface area contributed by atoms with Crippen LogP contribution in [-0.4, -0.2) is 62.5 Å². The van der Waals surface area contributed by atoms with Gasteiger partial charge in [-0.1, -0.05) is 0 Å². The monoisotopic (exact) mass is 391 g/mol. The van der Waals surface area contributed by atoms with Crippen molar-refractivity contribution in [3.63, 3.8) is 0 Å². The quantitative estimate of drug-likeness (QED) is 0.570. The van der Waals surface area contributed by atoms with E-state index < -0.39 is 23.9 Å². The van der Waals surface area contributed by atoms with Crippen molar-refractivity contribution in [2.24, 2.45) is 0 Å². The minimum Gasteiger partial charge on any atom is -0.481 e. The summed E-state index contributed by atoms with van der Waals surface area (Å²) in [5, 5.41) is 21.9. The maximum absolute atomic E-state index is 12.0. The van der Waals surface area contributed by atoms with Crippen LogP contribution in [0.15, 0.2) is 24.4 Å². The second-order valence-corrected chi connectivity index (χ2v) is 7.56. The van der Waals surface area contributed by atoms with E-state index in [1.807, 2.05) is 16.7 Å². The van der Waals surface area contributed by atoms with E-state index in [1.165, 1.54) is 0 Å². The number of amides is 1. The summed E-state index contributed by atoms with van der Waals surface area (Å²) in [7, 11) is 0. The third-order valence-corrected chi connectivity index (χ3v) is 5.45. The first-order valence-corrected chi connectivity index (χ1v) is 9.78. The topological polar surface area (TPSA) is 123 Å². The molecule has 9 heteroatoms. The third-order valence-electron chi connectivity index (χ3n) is 4.50. The largest absolute Gasteiger partial charge is 0.481 e. The smallest absolute Gasteiger partial charge is 0.325 e. The number of aromatic amines is 1. The minimum absolute atomic E-state index is 0.115. The Bertz CT molecular complexity index is 860. The molecule has 1 atom stereocenters. The van der Waals surface area contributed by atoms with Gasteiger partial charge in [-0.15, -0.1) is 0 Å². The van der Waals surface area contributed by atoms with Crippen LogP contribution in [0.3, 0.4) is 0 Å². The molecule has 0 spiro atoms. The summed E-state index contributed by atoms with van der Waals surface area (Å²) in [5.74, 6) is -0.526. The molecule has 0 aliphatic carbocycles. The molecule has 0 radical (unpaired) electrons. The molecule has 1 fully saturated rings. The van der Waals surface area contributed by atoms with Crippen LogP contribution in [0.5, 0.6) is 0 Å². The summed E-state index contributed by atoms with van der Waals surface area (Å²) in [6.45, 7) is 1.42. The average Bonchev–Trinajstić information content (AvgIpc) is 3.04. The second-order valence-electron chi connectivity index (χ2n) is 6.34. The predicted molar refractivity (Wildman–Crippen MR) is 103 cm³/mol. The molecule has 144 valence electrons. The van der Waals surface area contributed by atoms with Gasteiger partial charge >= 0.3 is 11.9 Å². The zero-order chi connectivity index (χ0) is 19.4. The van der Waals surface area contributed by atoms with E-state index in [4.69, 9.17) is 5.11 Å². The van der Waals surface area contributed by atoms with E-state index in [9.17, 15) is 19.5 Å². The number of aliphatic carboxylic acids is 2. The van der Waals surface area contributed by atoms with Crippen LogP contribution < -0.4 is 5.32 Å². The molecule has 1 aliphatic heterocycles. The highest BCUT2D eigenvalue weighted by Crippen LogP contribution is 2.32. The first-order chi connectivity index (χ1) is 13.0. The number of thioether (sulfide) groups is 1. The van der Waals surface area contributed by atoms with Gasteiger partial charge in [-0.25, -0.2) is 0 Å². The lowest BCUT2D eigenvalue weighted by Crippen LogP contribution is -2.39. The van der Waals surface area contributed by atoms with Gasteiger partial charge < -0.3 is 20.5 Å². The van der Waals surface area contributed by atoms with Gasteiger partial charge in [0.2, 0.25) is 5.91 Å². The molecular weight excluding hydrogens is 370 g/mol. The second kappa shape index (κ2) is 8.45. The number of carbonyl (C=O) groups is 3. The van der Waals surface area contributed by atoms with Gasteiger partial charge in [-0.05, 0) is 18.2 Å². The van der Waals surface area contributed by atoms with Crippen molar-refractivity contribution in [3.8, 4) is 0 Å². The molecule has 3 rings (SSSR count). The van der Waals surface area contributed by atoms with Gasteiger partial charge in [-0.3, -0.25) is 19.3 Å². The highest BCUT2D eigenvalue weighted by Gasteiger charge is 2.30. The number of H-pyrrole nitrogens is 1. The number of nitrogens with one attached hydrogen (secondary N) is 2. The fourth-order valence-electron chi connectivity index (χ4n) is 3.21. The number of hydrogen-bond acceptors (Lipinski definition) is 5. The lowest BCUT2D eigenvalue weighted by Gasteiger charge is -2.31. The summed E-state index contributed by atoms with van der Waals surface area (Å²) in [4.78, 5) is 39.5. The standard InChI is InChI=1S/C18H21N3O5S/c22-15(3-4-16(23)24)20-11-1-2-14-12(9-11)13(10-19-14)17(18(25)26)21-5-7-27-8-6-21/h1-2,9-10,17,19H,3-8H2,(H,20,22)(H,23,24)(H,25,26)/t17-/m0/s1. The summed E-state index contributed by atoms with van der Waals surface area (Å²) in [6, 6.07) is 4.46. The first kappa shape index (κ1) is 19.2. The summed E-state index contributed by atoms with van der Waals surface area (Å²) >= 11 is 1.81. The Balaban J connectivity index is 1.86. The molecule has 0 saturated carbocycles. The van der Waals surface area contributed by atoms with E-state index in [0.29, 0.717) is 24.3 Å². The van der Waals surface area contributed by atoms with Crippen LogP contribution >= 0.6 is 11.8 Å². The molecule has 1 saturated heterocycles. The molecule has 2 aromatic rings. The van der Waals surface area contributed by atoms with Crippen LogP contribution in [0.1, 0.15) is 24.4 Å². The molecule has 8 nitrogen and oxygen atoms in total. The number of hydrogen-bond donors (Lipinski definition) is 4. The minimum atomic E-state index is -1.03. The lowest BCUT2D eigenvalue weighted by atomic mass is 10.0. The Morgan fingerprint density at radius 1 is 1.19 bits per heavy atom. The molecule has 0 bridgehead atoms. The molecule has 0 unspecified atom stereocenters. The van der Waals surface area contributed by atoms with Crippen LogP contribution in [0, 0.1) is 0 Å². The van der Waals surface area contributed by atoms with Crippen molar-refractivity contribution in [2.75, 3.05) is 29.9 Å². The molecule has 1 aliphatic rings. The van der Waals surface area contributed by atoms with Gasteiger partial charge in [0.1, 0.15) is 6.04 Å². The molecule has 2 heterocycles. The van der Waals surface area contributed by atoms with Gasteiger partial charge in [0.15, 0.2) is 0 Å². The Kier molecular flexibility index (Phi) is 6.02. The highest BCUT2D eigenvalue weighted by atomic mass is 32.2. The molecular formula is C18H21N3O5S. The van der Waals surface area contributed by atoms with Crippen molar-refractivity contribution in [1.82, 2.24) is 9.88 Å². The Morgan fingerprint density at radius 2 is 1.93 bits per heavy atom. The lowest BCUT2D eigenvalue weighted by molar-refractivity contribution is -0.143. The maximum Gasteiger partial charge on any atom is 0.325 e. The van der Waals surface area contributed by atoms with Crippen LogP contribution in [0.2, 0.25) is 0 Å². The normalized spacial score (nSPS) is 16.1. The fraction of sp³-hybridized carbons (Fsp3) is 0.389. The number of carbonyl (C=O) groups excluding carboxylic acids is 1. The molecule has 1 aromatic heterocycles. The Morgan fingerprint density at radius 3 is 2.59 bits per heavy atom. The number of aromatic nitrogens is 1. The fourth-order valence-corrected chi connectivity index (χ4v) is 4.14. The molecule has 1 aromatic carbocycles. The van der Waals surface area contributed by atoms with Crippen LogP contribution in [0.25, 0.3) is 10.9 Å². The number of benzene rings is 1. The number of rotatable bonds is 7. The Labute approximate surface area is 159 Å². The van der Waals surface area contributed by atoms with E-state index in [-0.39, 0.29) is 12.8 Å². The number of carboxylic acid groups (broad SMARTS) is 2. The Hall–Kier alpha value is -2.52. The number of nitrogens with zero attached hydrogens (tertiary/aromatic N) is 1. The average molecular weight is 391 g/mol. The van der Waals surface area contributed by atoms with Gasteiger partial charge in [0, 0.05) is 59.4 Å². The number of fused-ring (bicyclic) bond motifs is 1. The van der Waals surface area contributed by atoms with Gasteiger partial charge in [0.25, 0.3) is 0 Å². The molecule has 27 heavy (non-hydrogen) atoms. The van der Waals surface area contributed by atoms with Gasteiger partial charge in [0.05, 0.1) is 6.42 Å². The predicted octanol–water partition coefficient (Wildman–Crippen LogP) is 2.15. The van der Waals surface area contributed by atoms with Crippen molar-refractivity contribution in [2.45, 2.75) is 18.9 Å². The first-order valence-electron chi connectivity index (χ1n) is 8.63. The van der Waals surface area contributed by atoms with Gasteiger partial charge in [-0.2, -0.15) is 11.8 Å². The highest BCUT2D eigenvalue weighted by molar-refractivity contribution is 7.99. The van der Waals surface area contributed by atoms with Crippen LogP contribution in [0.4, 0.5) is 5.69 Å². The summed E-state index contributed by atoms with van der Waals surface area (Å²) < 4.78 is 0. The zero-order valence-electron chi connectivity index (χ0n) is 14.6. The zero-order valence-corrected chi connectivity index (χ0v) is 15.4. The SMILES string of the molecule is O=C(O)CCC(=O)Nc1ccc2[nH]cc([C@@H](C(=O)O)N3CCSCC3)c2c1. The molecule has 4 N–H and O–H groups in total. The van der Waals surface area contributed by atoms with E-state index >= 15 is 0 Å². The van der Waals surface area contributed by atoms with Crippen molar-refractivity contribution in [3.05, 3.63) is 30.0 Å². The summed E-state index contributed by atoms with van der Waals surface area (Å²) in [5.41, 5.74) is 1.95. The van der Waals surface area contributed by atoms with Crippen molar-refractivity contribution in [1.29, 1.82) is 0 Å². The number of anilines is 1. The van der Waals surface area contributed by atoms with E-state index in [0.717, 1.165) is 22.4 Å². The van der Waals surface area contributed by atoms with Crippen LogP contribution in [-0.2, 0) is 14.4 Å². The molecule has 1 amide bonds. The summed E-state index contributed by atoms with van der Waals surface area (Å²) in [6.07, 6.45) is 1.36. The van der Waals surface area contributed by atoms with E-state index in [1.54, 1.807) is 24.4 Å². The van der Waals surface area contributed by atoms with Crippen molar-refractivity contribution >= 4 is 46.2 Å². The maximum atomic E-state index is 12.0. The number of carboxylic acids is 2. The van der Waals surface area contributed by atoms with E-state index in [2.05, 4.69) is 10.3 Å². The van der Waals surface area contributed by atoms with Crippen molar-refractivity contribution < 1.29 is 24.6 Å².